The highest BCUT2D eigenvalue weighted by Gasteiger charge is 2.69. The van der Waals surface area contributed by atoms with Gasteiger partial charge in [-0.05, 0) is 50.9 Å². The van der Waals surface area contributed by atoms with Crippen LogP contribution in [-0.2, 0) is 43.0 Å². The van der Waals surface area contributed by atoms with Crippen molar-refractivity contribution < 1.29 is 43.0 Å². The molecule has 8 atom stereocenters. The van der Waals surface area contributed by atoms with Crippen LogP contribution in [0, 0.1) is 23.7 Å². The van der Waals surface area contributed by atoms with Crippen LogP contribution < -0.4 is 0 Å². The molecule has 9 heteroatoms. The molecule has 5 aliphatic rings. The van der Waals surface area contributed by atoms with Gasteiger partial charge in [0.15, 0.2) is 18.2 Å². The van der Waals surface area contributed by atoms with Crippen LogP contribution in [0.1, 0.15) is 104 Å². The van der Waals surface area contributed by atoms with Gasteiger partial charge in [-0.1, -0.05) is 46.0 Å². The van der Waals surface area contributed by atoms with E-state index < -0.39 is 23.6 Å². The number of hydrogen-bond acceptors (Lipinski definition) is 9. The number of hydrogen-bond donors (Lipinski definition) is 0. The third-order valence-corrected chi connectivity index (χ3v) is 9.19. The molecule has 38 heavy (non-hydrogen) atoms. The van der Waals surface area contributed by atoms with Crippen LogP contribution in [0.4, 0.5) is 0 Å². The number of unbranched alkanes of at least 4 members (excludes halogenated alkanes) is 6. The van der Waals surface area contributed by atoms with E-state index in [9.17, 15) is 9.59 Å². The zero-order chi connectivity index (χ0) is 27.2. The molecule has 5 rings (SSSR count). The number of fused-ring (bicyclic) bond motifs is 2. The van der Waals surface area contributed by atoms with E-state index in [0.29, 0.717) is 31.0 Å². The van der Waals surface area contributed by atoms with Crippen LogP contribution in [0.3, 0.4) is 0 Å². The minimum Gasteiger partial charge on any atom is -0.469 e. The average molecular weight is 541 g/mol. The van der Waals surface area contributed by atoms with Crippen molar-refractivity contribution in [2.75, 3.05) is 20.3 Å². The fourth-order valence-electron chi connectivity index (χ4n) is 6.91. The van der Waals surface area contributed by atoms with E-state index in [1.54, 1.807) is 0 Å². The van der Waals surface area contributed by atoms with Gasteiger partial charge < -0.3 is 23.7 Å². The Morgan fingerprint density at radius 3 is 2.26 bits per heavy atom. The quantitative estimate of drug-likeness (QED) is 0.162. The molecular formula is C29H48O9. The lowest BCUT2D eigenvalue weighted by Crippen LogP contribution is -2.70. The molecule has 4 heterocycles. The first-order valence-corrected chi connectivity index (χ1v) is 14.8. The lowest BCUT2D eigenvalue weighted by atomic mass is 9.58. The van der Waals surface area contributed by atoms with E-state index in [0.717, 1.165) is 64.2 Å². The molecule has 0 aromatic heterocycles. The maximum atomic E-state index is 11.6. The third-order valence-electron chi connectivity index (χ3n) is 9.19. The highest BCUT2D eigenvalue weighted by molar-refractivity contribution is 5.77. The number of esters is 2. The van der Waals surface area contributed by atoms with E-state index in [-0.39, 0.29) is 31.0 Å². The van der Waals surface area contributed by atoms with E-state index in [4.69, 9.17) is 28.7 Å². The molecule has 2 bridgehead atoms. The molecule has 5 fully saturated rings. The molecule has 218 valence electrons. The van der Waals surface area contributed by atoms with Crippen LogP contribution >= 0.6 is 0 Å². The second kappa shape index (κ2) is 13.4. The lowest BCUT2D eigenvalue weighted by molar-refractivity contribution is -0.577. The summed E-state index contributed by atoms with van der Waals surface area (Å²) in [6.07, 6.45) is 11.0. The van der Waals surface area contributed by atoms with Crippen molar-refractivity contribution in [3.63, 3.8) is 0 Å². The highest BCUT2D eigenvalue weighted by atomic mass is 17.3. The Balaban J connectivity index is 1.09. The van der Waals surface area contributed by atoms with Gasteiger partial charge >= 0.3 is 11.9 Å². The van der Waals surface area contributed by atoms with Gasteiger partial charge in [0.1, 0.15) is 0 Å². The molecular weight excluding hydrogens is 492 g/mol. The van der Waals surface area contributed by atoms with E-state index in [2.05, 4.69) is 18.6 Å². The second-order valence-electron chi connectivity index (χ2n) is 11.9. The topological polar surface area (TPSA) is 98.8 Å². The Morgan fingerprint density at radius 2 is 1.53 bits per heavy atom. The van der Waals surface area contributed by atoms with Crippen molar-refractivity contribution in [3.05, 3.63) is 0 Å². The van der Waals surface area contributed by atoms with Gasteiger partial charge in [0, 0.05) is 24.9 Å². The van der Waals surface area contributed by atoms with Crippen molar-refractivity contribution >= 4 is 11.9 Å². The summed E-state index contributed by atoms with van der Waals surface area (Å²) < 4.78 is 28.8. The zero-order valence-corrected chi connectivity index (χ0v) is 23.7. The molecule has 1 unspecified atom stereocenters. The number of methoxy groups -OCH3 is 1. The second-order valence-corrected chi connectivity index (χ2v) is 11.9. The molecule has 4 aliphatic heterocycles. The molecule has 1 spiro atoms. The summed E-state index contributed by atoms with van der Waals surface area (Å²) in [6, 6.07) is 0. The summed E-state index contributed by atoms with van der Waals surface area (Å²) in [4.78, 5) is 34.7. The number of ether oxygens (including phenoxy) is 5. The normalized spacial score (nSPS) is 37.8. The summed E-state index contributed by atoms with van der Waals surface area (Å²) in [5.74, 6) is -0.0478. The van der Waals surface area contributed by atoms with Crippen LogP contribution in [0.15, 0.2) is 0 Å². The molecule has 1 aliphatic carbocycles. The van der Waals surface area contributed by atoms with E-state index in [1.807, 2.05) is 6.92 Å². The van der Waals surface area contributed by atoms with E-state index in [1.165, 1.54) is 13.5 Å². The Labute approximate surface area is 227 Å². The minimum atomic E-state index is -0.755. The first-order chi connectivity index (χ1) is 18.3. The maximum absolute atomic E-state index is 11.6. The molecule has 0 aromatic carbocycles. The fourth-order valence-corrected chi connectivity index (χ4v) is 6.91. The Hall–Kier alpha value is -1.26. The number of rotatable bonds is 14. The first kappa shape index (κ1) is 29.7. The van der Waals surface area contributed by atoms with Gasteiger partial charge in [0.25, 0.3) is 0 Å². The van der Waals surface area contributed by atoms with Gasteiger partial charge in [0.05, 0.1) is 26.6 Å². The van der Waals surface area contributed by atoms with Crippen LogP contribution in [-0.4, -0.2) is 56.2 Å². The molecule has 0 N–H and O–H groups in total. The molecule has 4 saturated heterocycles. The maximum Gasteiger partial charge on any atom is 0.306 e. The van der Waals surface area contributed by atoms with Crippen molar-refractivity contribution in [1.82, 2.24) is 0 Å². The van der Waals surface area contributed by atoms with Gasteiger partial charge in [0.2, 0.25) is 5.79 Å². The van der Waals surface area contributed by atoms with Crippen LogP contribution in [0.5, 0.6) is 0 Å². The van der Waals surface area contributed by atoms with Crippen LogP contribution in [0.2, 0.25) is 0 Å². The summed E-state index contributed by atoms with van der Waals surface area (Å²) in [6.45, 7) is 7.60. The first-order valence-electron chi connectivity index (χ1n) is 14.8. The Kier molecular flexibility index (Phi) is 10.5. The summed E-state index contributed by atoms with van der Waals surface area (Å²) >= 11 is 0. The largest absolute Gasteiger partial charge is 0.469 e. The Bertz CT molecular complexity index is 790. The predicted octanol–water partition coefficient (Wildman–Crippen LogP) is 5.44. The van der Waals surface area contributed by atoms with Crippen LogP contribution in [0.25, 0.3) is 0 Å². The summed E-state index contributed by atoms with van der Waals surface area (Å²) in [5, 5.41) is 0. The molecule has 0 aromatic rings. The van der Waals surface area contributed by atoms with Gasteiger partial charge in [-0.3, -0.25) is 9.59 Å². The predicted molar refractivity (Wildman–Crippen MR) is 137 cm³/mol. The lowest BCUT2D eigenvalue weighted by Gasteiger charge is -2.60. The Morgan fingerprint density at radius 1 is 0.842 bits per heavy atom. The van der Waals surface area contributed by atoms with Gasteiger partial charge in [-0.15, -0.1) is 0 Å². The summed E-state index contributed by atoms with van der Waals surface area (Å²) in [5.41, 5.74) is -0.533. The van der Waals surface area contributed by atoms with Crippen molar-refractivity contribution in [2.45, 2.75) is 128 Å². The molecule has 9 nitrogen and oxygen atoms in total. The summed E-state index contributed by atoms with van der Waals surface area (Å²) in [7, 11) is 1.31. The van der Waals surface area contributed by atoms with Gasteiger partial charge in [-0.25, -0.2) is 9.78 Å². The molecule has 0 radical (unpaired) electrons. The van der Waals surface area contributed by atoms with Gasteiger partial charge in [-0.2, -0.15) is 0 Å². The van der Waals surface area contributed by atoms with Crippen molar-refractivity contribution in [1.29, 1.82) is 0 Å². The SMILES string of the molecule is COC(=O)CCC(=O)OCCCCCCCCCOC1O[C@@H]2O[C@]3(C)CC[C@H]4[C@H](C)CC[C@@H]([C@H]1C)[C@@]24OO3. The standard InChI is InChI=1S/C29H48O9/c1-20-12-13-23-21(2)26(35-27-29(23)22(20)16-17-28(3,36-27)37-38-29)34-19-11-9-7-5-6-8-10-18-33-25(31)15-14-24(30)32-4/h20-23,26-27H,5-19H2,1-4H3/t20-,21-,22+,23+,26?,27-,28+,29-/m1/s1. The highest BCUT2D eigenvalue weighted by Crippen LogP contribution is 2.60. The monoisotopic (exact) mass is 540 g/mol. The number of carbonyl (C=O) groups is 2. The molecule has 0 amide bonds. The third kappa shape index (κ3) is 6.72. The van der Waals surface area contributed by atoms with E-state index >= 15 is 0 Å². The molecule has 1 saturated carbocycles. The minimum absolute atomic E-state index is 0.0725. The number of carbonyl (C=O) groups excluding carboxylic acids is 2. The van der Waals surface area contributed by atoms with Crippen molar-refractivity contribution in [3.8, 4) is 0 Å². The van der Waals surface area contributed by atoms with Crippen molar-refractivity contribution in [2.24, 2.45) is 23.7 Å². The zero-order valence-electron chi connectivity index (χ0n) is 23.7. The smallest absolute Gasteiger partial charge is 0.306 e. The fraction of sp³-hybridized carbons (Fsp3) is 0.931. The average Bonchev–Trinajstić information content (AvgIpc) is 3.14.